The van der Waals surface area contributed by atoms with Crippen LogP contribution in [0.15, 0.2) is 24.3 Å². The number of amides is 1. The van der Waals surface area contributed by atoms with E-state index in [9.17, 15) is 4.79 Å². The molecule has 0 aliphatic carbocycles. The van der Waals surface area contributed by atoms with Crippen LogP contribution >= 0.6 is 0 Å². The van der Waals surface area contributed by atoms with Crippen LogP contribution in [0.5, 0.6) is 0 Å². The Bertz CT molecular complexity index is 398. The van der Waals surface area contributed by atoms with Crippen LogP contribution in [0.2, 0.25) is 0 Å². The number of hydrogen-bond acceptors (Lipinski definition) is 2. The first-order valence-corrected chi connectivity index (χ1v) is 7.70. The van der Waals surface area contributed by atoms with Gasteiger partial charge < -0.3 is 10.6 Å². The molecule has 3 nitrogen and oxygen atoms in total. The minimum Gasteiger partial charge on any atom is -0.383 e. The first-order valence-electron chi connectivity index (χ1n) is 7.70. The Morgan fingerprint density at radius 1 is 1.10 bits per heavy atom. The predicted octanol–water partition coefficient (Wildman–Crippen LogP) is 4.21. The Kier molecular flexibility index (Phi) is 7.13. The van der Waals surface area contributed by atoms with Crippen LogP contribution in [0.3, 0.4) is 0 Å². The van der Waals surface area contributed by atoms with Crippen LogP contribution in [-0.4, -0.2) is 18.0 Å². The summed E-state index contributed by atoms with van der Waals surface area (Å²) in [6, 6.07) is 8.34. The summed E-state index contributed by atoms with van der Waals surface area (Å²) in [7, 11) is 0. The van der Waals surface area contributed by atoms with E-state index in [2.05, 4.69) is 24.5 Å². The van der Waals surface area contributed by atoms with E-state index in [1.165, 1.54) is 25.7 Å². The number of unbranched alkanes of at least 4 members (excludes halogenated alkanes) is 2. The number of rotatable bonds is 8. The topological polar surface area (TPSA) is 41.1 Å². The van der Waals surface area contributed by atoms with Crippen LogP contribution in [0.25, 0.3) is 0 Å². The number of benzene rings is 1. The minimum absolute atomic E-state index is 0.0115. The Labute approximate surface area is 123 Å². The van der Waals surface area contributed by atoms with E-state index >= 15 is 0 Å². The van der Waals surface area contributed by atoms with E-state index in [1.54, 1.807) is 0 Å². The molecule has 1 rings (SSSR count). The fourth-order valence-corrected chi connectivity index (χ4v) is 2.12. The lowest BCUT2D eigenvalue weighted by Crippen LogP contribution is -2.30. The molecule has 0 heterocycles. The molecule has 0 fully saturated rings. The third-order valence-corrected chi connectivity index (χ3v) is 3.22. The van der Waals surface area contributed by atoms with Gasteiger partial charge in [0.2, 0.25) is 0 Å². The molecule has 0 aliphatic rings. The fraction of sp³-hybridized carbons (Fsp3) is 0.588. The molecule has 20 heavy (non-hydrogen) atoms. The summed E-state index contributed by atoms with van der Waals surface area (Å²) in [6.07, 6.45) is 5.00. The normalized spacial score (nSPS) is 12.2. The molecule has 0 spiro atoms. The van der Waals surface area contributed by atoms with Crippen molar-refractivity contribution in [2.75, 3.05) is 5.32 Å². The van der Waals surface area contributed by atoms with Gasteiger partial charge in [-0.25, -0.2) is 0 Å². The maximum Gasteiger partial charge on any atom is 0.251 e. The number of hydrogen-bond donors (Lipinski definition) is 2. The molecule has 1 aromatic rings. The summed E-state index contributed by atoms with van der Waals surface area (Å²) in [6.45, 7) is 8.35. The Morgan fingerprint density at radius 3 is 2.30 bits per heavy atom. The number of anilines is 1. The van der Waals surface area contributed by atoms with Gasteiger partial charge in [-0.15, -0.1) is 0 Å². The van der Waals surface area contributed by atoms with Crippen LogP contribution < -0.4 is 10.6 Å². The predicted molar refractivity (Wildman–Crippen MR) is 86.3 cm³/mol. The van der Waals surface area contributed by atoms with Gasteiger partial charge in [-0.3, -0.25) is 4.79 Å². The van der Waals surface area contributed by atoms with Crippen LogP contribution in [0.1, 0.15) is 63.7 Å². The van der Waals surface area contributed by atoms with Crippen molar-refractivity contribution in [3.63, 3.8) is 0 Å². The maximum absolute atomic E-state index is 11.8. The van der Waals surface area contributed by atoms with E-state index in [1.807, 2.05) is 38.1 Å². The largest absolute Gasteiger partial charge is 0.383 e. The molecule has 0 saturated heterocycles. The molecule has 0 bridgehead atoms. The van der Waals surface area contributed by atoms with Crippen molar-refractivity contribution in [3.8, 4) is 0 Å². The van der Waals surface area contributed by atoms with Gasteiger partial charge in [-0.05, 0) is 51.5 Å². The SMILES string of the molecule is CCCCCC(C)Nc1ccc(C(=O)NC(C)C)cc1. The second-order valence-electron chi connectivity index (χ2n) is 5.75. The van der Waals surface area contributed by atoms with Gasteiger partial charge in [-0.1, -0.05) is 26.2 Å². The first kappa shape index (κ1) is 16.5. The van der Waals surface area contributed by atoms with Gasteiger partial charge in [0.1, 0.15) is 0 Å². The Morgan fingerprint density at radius 2 is 1.75 bits per heavy atom. The van der Waals surface area contributed by atoms with Crippen LogP contribution in [-0.2, 0) is 0 Å². The Balaban J connectivity index is 2.47. The summed E-state index contributed by atoms with van der Waals surface area (Å²) in [5.41, 5.74) is 1.79. The maximum atomic E-state index is 11.8. The van der Waals surface area contributed by atoms with E-state index in [-0.39, 0.29) is 11.9 Å². The standard InChI is InChI=1S/C17H28N2O/c1-5-6-7-8-14(4)19-16-11-9-15(10-12-16)17(20)18-13(2)3/h9-14,19H,5-8H2,1-4H3,(H,18,20). The molecule has 1 unspecified atom stereocenters. The molecule has 3 heteroatoms. The lowest BCUT2D eigenvalue weighted by atomic mass is 10.1. The van der Waals surface area contributed by atoms with Gasteiger partial charge in [0, 0.05) is 23.3 Å². The number of nitrogens with one attached hydrogen (secondary N) is 2. The molecule has 0 aliphatic heterocycles. The molecule has 0 radical (unpaired) electrons. The zero-order valence-electron chi connectivity index (χ0n) is 13.2. The second kappa shape index (κ2) is 8.62. The molecule has 1 aromatic carbocycles. The van der Waals surface area contributed by atoms with Crippen molar-refractivity contribution < 1.29 is 4.79 Å². The van der Waals surface area contributed by atoms with E-state index in [4.69, 9.17) is 0 Å². The highest BCUT2D eigenvalue weighted by Gasteiger charge is 2.07. The van der Waals surface area contributed by atoms with E-state index < -0.39 is 0 Å². The number of carbonyl (C=O) groups excluding carboxylic acids is 1. The zero-order valence-corrected chi connectivity index (χ0v) is 13.2. The van der Waals surface area contributed by atoms with Gasteiger partial charge >= 0.3 is 0 Å². The first-order chi connectivity index (χ1) is 9.52. The second-order valence-corrected chi connectivity index (χ2v) is 5.75. The molecule has 0 saturated carbocycles. The summed E-state index contributed by atoms with van der Waals surface area (Å²) in [5.74, 6) is -0.0115. The van der Waals surface area contributed by atoms with Crippen LogP contribution in [0, 0.1) is 0 Å². The van der Waals surface area contributed by atoms with Crippen LogP contribution in [0.4, 0.5) is 5.69 Å². The quantitative estimate of drug-likeness (QED) is 0.698. The van der Waals surface area contributed by atoms with E-state index in [0.29, 0.717) is 11.6 Å². The number of carbonyl (C=O) groups is 1. The van der Waals surface area contributed by atoms with Crippen molar-refractivity contribution in [3.05, 3.63) is 29.8 Å². The minimum atomic E-state index is -0.0115. The van der Waals surface area contributed by atoms with Crippen molar-refractivity contribution in [2.45, 2.75) is 65.5 Å². The van der Waals surface area contributed by atoms with Crippen molar-refractivity contribution in [2.24, 2.45) is 0 Å². The molecule has 1 amide bonds. The molecule has 2 N–H and O–H groups in total. The lowest BCUT2D eigenvalue weighted by molar-refractivity contribution is 0.0943. The average Bonchev–Trinajstić information content (AvgIpc) is 2.39. The summed E-state index contributed by atoms with van der Waals surface area (Å²) >= 11 is 0. The molecular formula is C17H28N2O. The molecule has 112 valence electrons. The Hall–Kier alpha value is -1.51. The molecule has 0 aromatic heterocycles. The van der Waals surface area contributed by atoms with Gasteiger partial charge in [0.05, 0.1) is 0 Å². The smallest absolute Gasteiger partial charge is 0.251 e. The van der Waals surface area contributed by atoms with Crippen molar-refractivity contribution >= 4 is 11.6 Å². The van der Waals surface area contributed by atoms with Crippen molar-refractivity contribution in [1.29, 1.82) is 0 Å². The van der Waals surface area contributed by atoms with E-state index in [0.717, 1.165) is 5.69 Å². The summed E-state index contributed by atoms with van der Waals surface area (Å²) in [4.78, 5) is 11.8. The van der Waals surface area contributed by atoms with Gasteiger partial charge in [-0.2, -0.15) is 0 Å². The monoisotopic (exact) mass is 276 g/mol. The van der Waals surface area contributed by atoms with Gasteiger partial charge in [0.25, 0.3) is 5.91 Å². The molecular weight excluding hydrogens is 248 g/mol. The zero-order chi connectivity index (χ0) is 15.0. The van der Waals surface area contributed by atoms with Crippen molar-refractivity contribution in [1.82, 2.24) is 5.32 Å². The summed E-state index contributed by atoms with van der Waals surface area (Å²) < 4.78 is 0. The summed E-state index contributed by atoms with van der Waals surface area (Å²) in [5, 5.41) is 6.37. The highest BCUT2D eigenvalue weighted by atomic mass is 16.1. The third kappa shape index (κ3) is 6.09. The highest BCUT2D eigenvalue weighted by molar-refractivity contribution is 5.94. The average molecular weight is 276 g/mol. The highest BCUT2D eigenvalue weighted by Crippen LogP contribution is 2.13. The third-order valence-electron chi connectivity index (χ3n) is 3.22. The lowest BCUT2D eigenvalue weighted by Gasteiger charge is -2.15. The fourth-order valence-electron chi connectivity index (χ4n) is 2.12. The van der Waals surface area contributed by atoms with Gasteiger partial charge in [0.15, 0.2) is 0 Å². The molecule has 1 atom stereocenters.